The van der Waals surface area contributed by atoms with Crippen LogP contribution in [0, 0.1) is 11.6 Å². The lowest BCUT2D eigenvalue weighted by Gasteiger charge is -2.26. The molecule has 42 heavy (non-hydrogen) atoms. The summed E-state index contributed by atoms with van der Waals surface area (Å²) in [6, 6.07) is 9.19. The van der Waals surface area contributed by atoms with E-state index in [2.05, 4.69) is 15.0 Å². The summed E-state index contributed by atoms with van der Waals surface area (Å²) >= 11 is -1.41. The van der Waals surface area contributed by atoms with Gasteiger partial charge in [-0.3, -0.25) is 23.6 Å². The van der Waals surface area contributed by atoms with E-state index in [0.717, 1.165) is 6.07 Å². The zero-order chi connectivity index (χ0) is 30.4. The van der Waals surface area contributed by atoms with Gasteiger partial charge in [0.2, 0.25) is 0 Å². The smallest absolute Gasteiger partial charge is 0.265 e. The van der Waals surface area contributed by atoms with Gasteiger partial charge in [0.1, 0.15) is 12.0 Å². The van der Waals surface area contributed by atoms with Crippen LogP contribution in [0.5, 0.6) is 11.5 Å². The van der Waals surface area contributed by atoms with Crippen LogP contribution in [0.3, 0.4) is 0 Å². The fraction of sp³-hybridized carbons (Fsp3) is 0.214. The zero-order valence-electron chi connectivity index (χ0n) is 23.6. The van der Waals surface area contributed by atoms with Crippen LogP contribution in [0.2, 0.25) is 0 Å². The normalized spacial score (nSPS) is 12.4. The molecule has 0 aliphatic heterocycles. The number of aromatic nitrogens is 3. The van der Waals surface area contributed by atoms with Crippen molar-refractivity contribution in [2.24, 2.45) is 4.99 Å². The Hall–Kier alpha value is -4.69. The van der Waals surface area contributed by atoms with Crippen LogP contribution in [-0.2, 0) is 11.2 Å². The van der Waals surface area contributed by atoms with Gasteiger partial charge in [0.15, 0.2) is 34.3 Å². The SMILES string of the molecule is COc1cc(OC)c(F)c(N(CC=N/C=C\N(C)S(=O)N(C)C)c2ccc3ncn(-c4cccnc4)c(=O)c3c2)c1F. The summed E-state index contributed by atoms with van der Waals surface area (Å²) in [5.74, 6) is -2.42. The Kier molecular flexibility index (Phi) is 9.60. The molecule has 14 heteroatoms. The maximum absolute atomic E-state index is 15.7. The molecular weight excluding hydrogens is 568 g/mol. The number of aliphatic imine (C=N–C) groups is 1. The summed E-state index contributed by atoms with van der Waals surface area (Å²) in [5, 5.41) is 0.212. The number of benzene rings is 2. The number of halogens is 2. The van der Waals surface area contributed by atoms with Crippen LogP contribution >= 0.6 is 0 Å². The predicted octanol–water partition coefficient (Wildman–Crippen LogP) is 3.83. The first kappa shape index (κ1) is 30.3. The van der Waals surface area contributed by atoms with Crippen molar-refractivity contribution >= 4 is 39.7 Å². The number of hydrogen-bond donors (Lipinski definition) is 0. The quantitative estimate of drug-likeness (QED) is 0.242. The van der Waals surface area contributed by atoms with Crippen molar-refractivity contribution in [1.82, 2.24) is 23.1 Å². The third-order valence-electron chi connectivity index (χ3n) is 6.09. The van der Waals surface area contributed by atoms with Gasteiger partial charge >= 0.3 is 0 Å². The van der Waals surface area contributed by atoms with Crippen LogP contribution in [-0.4, -0.2) is 75.5 Å². The standard InChI is InChI=1S/C28H29F2N7O4S/c1-34(2)42(39)35(3)13-11-31-12-14-36(27-25(29)23(40-4)16-24(41-5)26(27)30)19-8-9-22-21(15-19)28(38)37(18-33-22)20-7-6-10-32-17-20/h6-13,15-18H,14H2,1-5H3/b13-11-,31-12?. The molecule has 0 saturated carbocycles. The topological polar surface area (TPSA) is 105 Å². The first-order valence-corrected chi connectivity index (χ1v) is 13.5. The zero-order valence-corrected chi connectivity index (χ0v) is 24.4. The molecule has 1 unspecified atom stereocenters. The van der Waals surface area contributed by atoms with Crippen LogP contribution < -0.4 is 19.9 Å². The Morgan fingerprint density at radius 1 is 1.07 bits per heavy atom. The van der Waals surface area contributed by atoms with Crippen molar-refractivity contribution in [2.75, 3.05) is 46.8 Å². The Balaban J connectivity index is 1.82. The Morgan fingerprint density at radius 2 is 1.79 bits per heavy atom. The van der Waals surface area contributed by atoms with E-state index >= 15 is 8.78 Å². The first-order chi connectivity index (χ1) is 20.2. The van der Waals surface area contributed by atoms with Crippen molar-refractivity contribution in [1.29, 1.82) is 0 Å². The third kappa shape index (κ3) is 6.29. The second-order valence-corrected chi connectivity index (χ2v) is 10.7. The number of methoxy groups -OCH3 is 2. The van der Waals surface area contributed by atoms with Crippen molar-refractivity contribution in [3.05, 3.63) is 89.5 Å². The maximum Gasteiger partial charge on any atom is 0.265 e. The monoisotopic (exact) mass is 597 g/mol. The van der Waals surface area contributed by atoms with Crippen LogP contribution in [0.1, 0.15) is 0 Å². The van der Waals surface area contributed by atoms with Crippen molar-refractivity contribution in [2.45, 2.75) is 0 Å². The third-order valence-corrected chi connectivity index (χ3v) is 7.33. The van der Waals surface area contributed by atoms with Gasteiger partial charge in [0.25, 0.3) is 5.56 Å². The Morgan fingerprint density at radius 3 is 2.40 bits per heavy atom. The lowest BCUT2D eigenvalue weighted by atomic mass is 10.1. The molecule has 2 heterocycles. The summed E-state index contributed by atoms with van der Waals surface area (Å²) < 4.78 is 58.0. The molecule has 0 bridgehead atoms. The van der Waals surface area contributed by atoms with Crippen molar-refractivity contribution < 1.29 is 22.5 Å². The molecular formula is C28H29F2N7O4S. The minimum absolute atomic E-state index is 0.127. The number of nitrogens with zero attached hydrogens (tertiary/aromatic N) is 7. The van der Waals surface area contributed by atoms with Gasteiger partial charge < -0.3 is 14.4 Å². The first-order valence-electron chi connectivity index (χ1n) is 12.5. The molecule has 4 aromatic rings. The number of ether oxygens (including phenoxy) is 2. The summed E-state index contributed by atoms with van der Waals surface area (Å²) in [5.41, 5.74) is 0.310. The van der Waals surface area contributed by atoms with Gasteiger partial charge in [-0.05, 0) is 30.3 Å². The van der Waals surface area contributed by atoms with Gasteiger partial charge in [0.05, 0.1) is 43.6 Å². The number of anilines is 2. The highest BCUT2D eigenvalue weighted by molar-refractivity contribution is 7.80. The molecule has 0 fully saturated rings. The average molecular weight is 598 g/mol. The van der Waals surface area contributed by atoms with Gasteiger partial charge in [-0.25, -0.2) is 22.3 Å². The van der Waals surface area contributed by atoms with E-state index in [0.29, 0.717) is 11.2 Å². The number of fused-ring (bicyclic) bond motifs is 1. The van der Waals surface area contributed by atoms with Gasteiger partial charge in [0, 0.05) is 57.7 Å². The predicted molar refractivity (Wildman–Crippen MR) is 159 cm³/mol. The van der Waals surface area contributed by atoms with Crippen LogP contribution in [0.15, 0.2) is 77.3 Å². The molecule has 11 nitrogen and oxygen atoms in total. The minimum Gasteiger partial charge on any atom is -0.493 e. The Bertz CT molecular complexity index is 1690. The van der Waals surface area contributed by atoms with Crippen molar-refractivity contribution in [3.8, 4) is 17.2 Å². The van der Waals surface area contributed by atoms with Crippen LogP contribution in [0.25, 0.3) is 16.6 Å². The highest BCUT2D eigenvalue weighted by atomic mass is 32.2. The molecule has 0 N–H and O–H groups in total. The van der Waals surface area contributed by atoms with E-state index in [1.54, 1.807) is 51.6 Å². The Labute approximate surface area is 243 Å². The number of hydrogen-bond acceptors (Lipinski definition) is 8. The highest BCUT2D eigenvalue weighted by Gasteiger charge is 2.26. The minimum atomic E-state index is -1.41. The summed E-state index contributed by atoms with van der Waals surface area (Å²) in [4.78, 5) is 27.4. The average Bonchev–Trinajstić information content (AvgIpc) is 3.00. The molecule has 0 radical (unpaired) electrons. The van der Waals surface area contributed by atoms with Gasteiger partial charge in [-0.1, -0.05) is 0 Å². The molecule has 2 aromatic heterocycles. The largest absolute Gasteiger partial charge is 0.493 e. The molecule has 0 saturated heterocycles. The van der Waals surface area contributed by atoms with E-state index in [-0.39, 0.29) is 29.1 Å². The van der Waals surface area contributed by atoms with E-state index in [4.69, 9.17) is 9.47 Å². The molecule has 0 amide bonds. The molecule has 1 atom stereocenters. The second kappa shape index (κ2) is 13.3. The molecule has 0 spiro atoms. The second-order valence-electron chi connectivity index (χ2n) is 8.92. The maximum atomic E-state index is 15.7. The lowest BCUT2D eigenvalue weighted by Crippen LogP contribution is -2.27. The molecule has 0 aliphatic rings. The van der Waals surface area contributed by atoms with Crippen LogP contribution in [0.4, 0.5) is 20.2 Å². The van der Waals surface area contributed by atoms with E-state index < -0.39 is 34.1 Å². The molecule has 4 rings (SSSR count). The summed E-state index contributed by atoms with van der Waals surface area (Å²) in [6.07, 6.45) is 8.80. The molecule has 0 aliphatic carbocycles. The van der Waals surface area contributed by atoms with Gasteiger partial charge in [-0.2, -0.15) is 0 Å². The summed E-state index contributed by atoms with van der Waals surface area (Å²) in [7, 11) is 7.46. The fourth-order valence-corrected chi connectivity index (χ4v) is 4.70. The fourth-order valence-electron chi connectivity index (χ4n) is 4.03. The molecule has 220 valence electrons. The van der Waals surface area contributed by atoms with Crippen molar-refractivity contribution in [3.63, 3.8) is 0 Å². The van der Waals surface area contributed by atoms with E-state index in [1.165, 1.54) is 69.5 Å². The highest BCUT2D eigenvalue weighted by Crippen LogP contribution is 2.40. The van der Waals surface area contributed by atoms with E-state index in [9.17, 15) is 9.00 Å². The lowest BCUT2D eigenvalue weighted by molar-refractivity contribution is 0.359. The molecule has 2 aromatic carbocycles. The number of pyridine rings is 1. The summed E-state index contributed by atoms with van der Waals surface area (Å²) in [6.45, 7) is -0.127. The number of rotatable bonds is 11. The van der Waals surface area contributed by atoms with E-state index in [1.807, 2.05) is 0 Å². The van der Waals surface area contributed by atoms with Gasteiger partial charge in [-0.15, -0.1) is 0 Å².